The first-order valence-electron chi connectivity index (χ1n) is 3.84. The number of hydrogen-bond donors (Lipinski definition) is 2. The lowest BCUT2D eigenvalue weighted by Crippen LogP contribution is -2.18. The van der Waals surface area contributed by atoms with Crippen LogP contribution in [-0.2, 0) is 0 Å². The predicted molar refractivity (Wildman–Crippen MR) is 56.7 cm³/mol. The number of aryl methyl sites for hydroxylation is 1. The molecular formula is C9H11BrN2O. The molecule has 1 amide bonds. The summed E-state index contributed by atoms with van der Waals surface area (Å²) in [6, 6.07) is 3.50. The molecule has 0 aliphatic heterocycles. The maximum atomic E-state index is 11.3. The van der Waals surface area contributed by atoms with Crippen LogP contribution in [0.5, 0.6) is 0 Å². The van der Waals surface area contributed by atoms with Gasteiger partial charge in [0.2, 0.25) is 0 Å². The molecule has 0 aromatic heterocycles. The number of rotatable bonds is 1. The van der Waals surface area contributed by atoms with Crippen LogP contribution in [0.2, 0.25) is 0 Å². The van der Waals surface area contributed by atoms with E-state index in [1.54, 1.807) is 13.1 Å². The van der Waals surface area contributed by atoms with E-state index in [1.807, 2.05) is 13.0 Å². The summed E-state index contributed by atoms with van der Waals surface area (Å²) >= 11 is 3.31. The van der Waals surface area contributed by atoms with Crippen LogP contribution in [0.1, 0.15) is 15.9 Å². The van der Waals surface area contributed by atoms with Gasteiger partial charge in [-0.15, -0.1) is 0 Å². The molecule has 4 heteroatoms. The van der Waals surface area contributed by atoms with Crippen LogP contribution in [-0.4, -0.2) is 13.0 Å². The molecule has 0 aliphatic carbocycles. The van der Waals surface area contributed by atoms with Crippen LogP contribution in [0.3, 0.4) is 0 Å². The molecule has 0 aliphatic rings. The Morgan fingerprint density at radius 2 is 2.15 bits per heavy atom. The fourth-order valence-corrected chi connectivity index (χ4v) is 1.64. The molecule has 0 radical (unpaired) electrons. The first-order valence-corrected chi connectivity index (χ1v) is 4.63. The third kappa shape index (κ3) is 2.01. The van der Waals surface area contributed by atoms with Crippen molar-refractivity contribution in [1.82, 2.24) is 5.32 Å². The summed E-state index contributed by atoms with van der Waals surface area (Å²) in [5.41, 5.74) is 7.83. The smallest absolute Gasteiger partial charge is 0.252 e. The summed E-state index contributed by atoms with van der Waals surface area (Å²) in [5.74, 6) is -0.140. The van der Waals surface area contributed by atoms with E-state index in [2.05, 4.69) is 21.2 Å². The molecule has 13 heavy (non-hydrogen) atoms. The molecule has 1 aromatic carbocycles. The van der Waals surface area contributed by atoms with Crippen LogP contribution in [0.25, 0.3) is 0 Å². The molecule has 0 bridgehead atoms. The van der Waals surface area contributed by atoms with Gasteiger partial charge in [-0.1, -0.05) is 0 Å². The van der Waals surface area contributed by atoms with Crippen molar-refractivity contribution in [2.24, 2.45) is 0 Å². The Labute approximate surface area is 85.4 Å². The second-order valence-electron chi connectivity index (χ2n) is 2.77. The van der Waals surface area contributed by atoms with E-state index in [1.165, 1.54) is 0 Å². The fraction of sp³-hybridized carbons (Fsp3) is 0.222. The zero-order chi connectivity index (χ0) is 10.0. The Kier molecular flexibility index (Phi) is 2.93. The normalized spacial score (nSPS) is 9.77. The van der Waals surface area contributed by atoms with Crippen LogP contribution in [0.15, 0.2) is 16.6 Å². The van der Waals surface area contributed by atoms with Crippen LogP contribution in [0, 0.1) is 6.92 Å². The molecule has 3 N–H and O–H groups in total. The Bertz CT molecular complexity index is 350. The number of halogens is 1. The summed E-state index contributed by atoms with van der Waals surface area (Å²) in [5, 5.41) is 2.54. The third-order valence-electron chi connectivity index (χ3n) is 1.83. The number of nitrogens with one attached hydrogen (secondary N) is 1. The SMILES string of the molecule is CNC(=O)c1cc(N)c(C)cc1Br. The second kappa shape index (κ2) is 3.79. The molecule has 0 heterocycles. The van der Waals surface area contributed by atoms with Gasteiger partial charge < -0.3 is 11.1 Å². The molecule has 1 rings (SSSR count). The number of nitrogens with two attached hydrogens (primary N) is 1. The summed E-state index contributed by atoms with van der Waals surface area (Å²) in [6.07, 6.45) is 0. The van der Waals surface area contributed by atoms with E-state index in [9.17, 15) is 4.79 Å². The first-order chi connectivity index (χ1) is 6.06. The standard InChI is InChI=1S/C9H11BrN2O/c1-5-3-7(10)6(4-8(5)11)9(13)12-2/h3-4H,11H2,1-2H3,(H,12,13). The van der Waals surface area contributed by atoms with Crippen LogP contribution >= 0.6 is 15.9 Å². The largest absolute Gasteiger partial charge is 0.398 e. The van der Waals surface area contributed by atoms with E-state index >= 15 is 0 Å². The Morgan fingerprint density at radius 1 is 1.54 bits per heavy atom. The molecule has 70 valence electrons. The van der Waals surface area contributed by atoms with E-state index in [4.69, 9.17) is 5.73 Å². The van der Waals surface area contributed by atoms with E-state index in [0.29, 0.717) is 11.3 Å². The molecular weight excluding hydrogens is 232 g/mol. The minimum atomic E-state index is -0.140. The van der Waals surface area contributed by atoms with Crippen molar-refractivity contribution >= 4 is 27.5 Å². The van der Waals surface area contributed by atoms with Crippen molar-refractivity contribution in [3.8, 4) is 0 Å². The molecule has 0 saturated carbocycles. The van der Waals surface area contributed by atoms with Gasteiger partial charge in [0.15, 0.2) is 0 Å². The van der Waals surface area contributed by atoms with Crippen molar-refractivity contribution in [1.29, 1.82) is 0 Å². The van der Waals surface area contributed by atoms with Crippen molar-refractivity contribution in [3.05, 3.63) is 27.7 Å². The maximum Gasteiger partial charge on any atom is 0.252 e. The quantitative estimate of drug-likeness (QED) is 0.737. The topological polar surface area (TPSA) is 55.1 Å². The molecule has 3 nitrogen and oxygen atoms in total. The molecule has 0 spiro atoms. The van der Waals surface area contributed by atoms with Gasteiger partial charge >= 0.3 is 0 Å². The number of anilines is 1. The van der Waals surface area contributed by atoms with Crippen molar-refractivity contribution in [3.63, 3.8) is 0 Å². The Balaban J connectivity index is 3.23. The zero-order valence-electron chi connectivity index (χ0n) is 7.52. The average Bonchev–Trinajstić information content (AvgIpc) is 2.10. The lowest BCUT2D eigenvalue weighted by molar-refractivity contribution is 0.0962. The van der Waals surface area contributed by atoms with Crippen molar-refractivity contribution < 1.29 is 4.79 Å². The molecule has 1 aromatic rings. The molecule has 0 atom stereocenters. The number of carbonyl (C=O) groups excluding carboxylic acids is 1. The summed E-state index contributed by atoms with van der Waals surface area (Å²) < 4.78 is 0.763. The van der Waals surface area contributed by atoms with E-state index in [0.717, 1.165) is 10.0 Å². The number of nitrogen functional groups attached to an aromatic ring is 1. The van der Waals surface area contributed by atoms with Gasteiger partial charge in [-0.05, 0) is 40.5 Å². The number of amides is 1. The minimum Gasteiger partial charge on any atom is -0.398 e. The maximum absolute atomic E-state index is 11.3. The lowest BCUT2D eigenvalue weighted by Gasteiger charge is -2.06. The Hall–Kier alpha value is -1.03. The highest BCUT2D eigenvalue weighted by molar-refractivity contribution is 9.10. The minimum absolute atomic E-state index is 0.140. The van der Waals surface area contributed by atoms with Gasteiger partial charge in [0.05, 0.1) is 5.56 Å². The predicted octanol–water partition coefficient (Wildman–Crippen LogP) is 1.70. The van der Waals surface area contributed by atoms with E-state index < -0.39 is 0 Å². The van der Waals surface area contributed by atoms with Gasteiger partial charge in [-0.2, -0.15) is 0 Å². The zero-order valence-corrected chi connectivity index (χ0v) is 9.10. The second-order valence-corrected chi connectivity index (χ2v) is 3.62. The fourth-order valence-electron chi connectivity index (χ4n) is 0.998. The summed E-state index contributed by atoms with van der Waals surface area (Å²) in [7, 11) is 1.59. The number of carbonyl (C=O) groups is 1. The molecule has 0 unspecified atom stereocenters. The van der Waals surface area contributed by atoms with E-state index in [-0.39, 0.29) is 5.91 Å². The number of hydrogen-bond acceptors (Lipinski definition) is 2. The van der Waals surface area contributed by atoms with Gasteiger partial charge in [0, 0.05) is 17.2 Å². The molecule has 0 saturated heterocycles. The highest BCUT2D eigenvalue weighted by atomic mass is 79.9. The van der Waals surface area contributed by atoms with Crippen molar-refractivity contribution in [2.75, 3.05) is 12.8 Å². The molecule has 0 fully saturated rings. The van der Waals surface area contributed by atoms with Crippen molar-refractivity contribution in [2.45, 2.75) is 6.92 Å². The first kappa shape index (κ1) is 10.1. The lowest BCUT2D eigenvalue weighted by atomic mass is 10.1. The summed E-state index contributed by atoms with van der Waals surface area (Å²) in [6.45, 7) is 1.90. The monoisotopic (exact) mass is 242 g/mol. The number of benzene rings is 1. The highest BCUT2D eigenvalue weighted by Crippen LogP contribution is 2.22. The Morgan fingerprint density at radius 3 is 2.69 bits per heavy atom. The van der Waals surface area contributed by atoms with Gasteiger partial charge in [-0.25, -0.2) is 0 Å². The van der Waals surface area contributed by atoms with Gasteiger partial charge in [0.1, 0.15) is 0 Å². The summed E-state index contributed by atoms with van der Waals surface area (Å²) in [4.78, 5) is 11.3. The van der Waals surface area contributed by atoms with Crippen LogP contribution < -0.4 is 11.1 Å². The highest BCUT2D eigenvalue weighted by Gasteiger charge is 2.09. The van der Waals surface area contributed by atoms with Gasteiger partial charge in [0.25, 0.3) is 5.91 Å². The van der Waals surface area contributed by atoms with Gasteiger partial charge in [-0.3, -0.25) is 4.79 Å². The van der Waals surface area contributed by atoms with Crippen LogP contribution in [0.4, 0.5) is 5.69 Å². The third-order valence-corrected chi connectivity index (χ3v) is 2.48. The average molecular weight is 243 g/mol.